The zero-order chi connectivity index (χ0) is 19.9. The number of hydrogen-bond acceptors (Lipinski definition) is 6. The molecule has 2 aromatic carbocycles. The van der Waals surface area contributed by atoms with Crippen LogP contribution < -0.4 is 20.5 Å². The number of methoxy groups -OCH3 is 1. The van der Waals surface area contributed by atoms with Crippen LogP contribution in [0.25, 0.3) is 5.69 Å². The molecule has 0 spiro atoms. The molecule has 0 saturated carbocycles. The summed E-state index contributed by atoms with van der Waals surface area (Å²) in [5, 5.41) is 8.29. The first-order valence-electron chi connectivity index (χ1n) is 8.57. The number of nitrogens with zero attached hydrogens (tertiary/aromatic N) is 3. The molecule has 1 aromatic heterocycles. The molecule has 0 amide bonds. The van der Waals surface area contributed by atoms with Gasteiger partial charge in [-0.3, -0.25) is 10.2 Å². The Morgan fingerprint density at radius 3 is 2.71 bits per heavy atom. The number of hydrogen-bond donors (Lipinski definition) is 1. The van der Waals surface area contributed by atoms with E-state index in [1.807, 2.05) is 37.3 Å². The molecule has 0 unspecified atom stereocenters. The highest BCUT2D eigenvalue weighted by Crippen LogP contribution is 2.30. The Morgan fingerprint density at radius 2 is 2.00 bits per heavy atom. The molecule has 1 heterocycles. The van der Waals surface area contributed by atoms with Crippen LogP contribution in [0.5, 0.6) is 11.5 Å². The van der Waals surface area contributed by atoms with Gasteiger partial charge in [0.15, 0.2) is 11.5 Å². The Balaban J connectivity index is 1.84. The van der Waals surface area contributed by atoms with Gasteiger partial charge in [-0.25, -0.2) is 0 Å². The monoisotopic (exact) mass is 398 g/mol. The minimum Gasteiger partial charge on any atom is -0.493 e. The van der Waals surface area contributed by atoms with Crippen LogP contribution in [0.1, 0.15) is 12.5 Å². The maximum absolute atomic E-state index is 12.5. The molecule has 0 fully saturated rings. The van der Waals surface area contributed by atoms with Crippen LogP contribution in [-0.4, -0.2) is 29.7 Å². The van der Waals surface area contributed by atoms with Crippen LogP contribution in [0.3, 0.4) is 0 Å². The Kier molecular flexibility index (Phi) is 6.29. The molecule has 0 aliphatic carbocycles. The third-order valence-electron chi connectivity index (χ3n) is 3.83. The molecule has 0 aliphatic rings. The van der Waals surface area contributed by atoms with Crippen LogP contribution >= 0.6 is 11.6 Å². The maximum Gasteiger partial charge on any atom is 0.292 e. The molecule has 144 valence electrons. The van der Waals surface area contributed by atoms with Gasteiger partial charge >= 0.3 is 0 Å². The van der Waals surface area contributed by atoms with E-state index in [1.54, 1.807) is 31.5 Å². The van der Waals surface area contributed by atoms with Crippen molar-refractivity contribution in [3.63, 3.8) is 0 Å². The van der Waals surface area contributed by atoms with Crippen LogP contribution in [0.15, 0.2) is 64.6 Å². The van der Waals surface area contributed by atoms with Gasteiger partial charge in [-0.05, 0) is 31.2 Å². The second kappa shape index (κ2) is 9.05. The van der Waals surface area contributed by atoms with Crippen molar-refractivity contribution in [2.45, 2.75) is 6.92 Å². The standard InChI is InChI=1S/C20H19ClN4O3/c1-3-28-19-14(8-7-11-17(19)27-2)12-22-24-16-13-23-25(20(26)18(16)21)15-9-5-4-6-10-15/h4-13,24H,3H2,1-2H3/b22-12+. The number of nitrogens with one attached hydrogen (secondary N) is 1. The van der Waals surface area contributed by atoms with Crippen molar-refractivity contribution in [2.75, 3.05) is 19.1 Å². The summed E-state index contributed by atoms with van der Waals surface area (Å²) in [4.78, 5) is 12.5. The highest BCUT2D eigenvalue weighted by molar-refractivity contribution is 6.32. The average Bonchev–Trinajstić information content (AvgIpc) is 2.73. The predicted octanol–water partition coefficient (Wildman–Crippen LogP) is 3.74. The second-order valence-electron chi connectivity index (χ2n) is 5.61. The van der Waals surface area contributed by atoms with E-state index in [0.29, 0.717) is 29.5 Å². The summed E-state index contributed by atoms with van der Waals surface area (Å²) in [6.45, 7) is 2.38. The lowest BCUT2D eigenvalue weighted by Crippen LogP contribution is -2.22. The summed E-state index contributed by atoms with van der Waals surface area (Å²) in [7, 11) is 1.57. The van der Waals surface area contributed by atoms with Crippen molar-refractivity contribution in [3.8, 4) is 17.2 Å². The fraction of sp³-hybridized carbons (Fsp3) is 0.150. The van der Waals surface area contributed by atoms with E-state index in [1.165, 1.54) is 10.9 Å². The molecular weight excluding hydrogens is 380 g/mol. The Bertz CT molecular complexity index is 1040. The van der Waals surface area contributed by atoms with E-state index in [0.717, 1.165) is 5.56 Å². The molecule has 8 heteroatoms. The Labute approximate surface area is 167 Å². The van der Waals surface area contributed by atoms with E-state index in [9.17, 15) is 4.79 Å². The minimum atomic E-state index is -0.440. The predicted molar refractivity (Wildman–Crippen MR) is 110 cm³/mol. The molecule has 7 nitrogen and oxygen atoms in total. The molecule has 0 saturated heterocycles. The summed E-state index contributed by atoms with van der Waals surface area (Å²) < 4.78 is 12.2. The van der Waals surface area contributed by atoms with E-state index in [-0.39, 0.29) is 5.02 Å². The highest BCUT2D eigenvalue weighted by Gasteiger charge is 2.11. The smallest absolute Gasteiger partial charge is 0.292 e. The number of rotatable bonds is 7. The SMILES string of the molecule is CCOc1c(/C=N/Nc2cnn(-c3ccccc3)c(=O)c2Cl)cccc1OC. The van der Waals surface area contributed by atoms with Crippen LogP contribution in [0.4, 0.5) is 5.69 Å². The number of hydrazone groups is 1. The van der Waals surface area contributed by atoms with Gasteiger partial charge in [-0.1, -0.05) is 35.9 Å². The van der Waals surface area contributed by atoms with Gasteiger partial charge in [-0.15, -0.1) is 0 Å². The summed E-state index contributed by atoms with van der Waals surface area (Å²) in [5.41, 5.74) is 3.96. The number of halogens is 1. The van der Waals surface area contributed by atoms with E-state index in [4.69, 9.17) is 21.1 Å². The molecule has 28 heavy (non-hydrogen) atoms. The lowest BCUT2D eigenvalue weighted by molar-refractivity contribution is 0.310. The van der Waals surface area contributed by atoms with Gasteiger partial charge < -0.3 is 9.47 Å². The third kappa shape index (κ3) is 4.15. The molecule has 3 aromatic rings. The topological polar surface area (TPSA) is 77.7 Å². The van der Waals surface area contributed by atoms with Gasteiger partial charge in [0.25, 0.3) is 5.56 Å². The van der Waals surface area contributed by atoms with Gasteiger partial charge in [0.1, 0.15) is 10.7 Å². The van der Waals surface area contributed by atoms with Crippen LogP contribution in [0.2, 0.25) is 5.02 Å². The molecule has 0 radical (unpaired) electrons. The van der Waals surface area contributed by atoms with Crippen molar-refractivity contribution in [3.05, 3.63) is 75.7 Å². The van der Waals surface area contributed by atoms with E-state index >= 15 is 0 Å². The molecule has 0 atom stereocenters. The molecule has 0 bridgehead atoms. The van der Waals surface area contributed by atoms with Crippen molar-refractivity contribution in [1.29, 1.82) is 0 Å². The highest BCUT2D eigenvalue weighted by atomic mass is 35.5. The first-order valence-corrected chi connectivity index (χ1v) is 8.95. The lowest BCUT2D eigenvalue weighted by atomic mass is 10.2. The van der Waals surface area contributed by atoms with Crippen molar-refractivity contribution in [1.82, 2.24) is 9.78 Å². The maximum atomic E-state index is 12.5. The average molecular weight is 399 g/mol. The van der Waals surface area contributed by atoms with Crippen molar-refractivity contribution < 1.29 is 9.47 Å². The summed E-state index contributed by atoms with van der Waals surface area (Å²) in [6, 6.07) is 14.5. The van der Waals surface area contributed by atoms with Crippen LogP contribution in [-0.2, 0) is 0 Å². The zero-order valence-corrected chi connectivity index (χ0v) is 16.2. The molecule has 0 aliphatic heterocycles. The van der Waals surface area contributed by atoms with E-state index in [2.05, 4.69) is 15.6 Å². The largest absolute Gasteiger partial charge is 0.493 e. The summed E-state index contributed by atoms with van der Waals surface area (Å²) >= 11 is 6.20. The van der Waals surface area contributed by atoms with Gasteiger partial charge in [-0.2, -0.15) is 14.9 Å². The normalized spacial score (nSPS) is 10.8. The Morgan fingerprint density at radius 1 is 1.21 bits per heavy atom. The zero-order valence-electron chi connectivity index (χ0n) is 15.4. The summed E-state index contributed by atoms with van der Waals surface area (Å²) in [6.07, 6.45) is 3.01. The minimum absolute atomic E-state index is 0.00771. The van der Waals surface area contributed by atoms with Crippen molar-refractivity contribution in [2.24, 2.45) is 5.10 Å². The first-order chi connectivity index (χ1) is 13.7. The number of anilines is 1. The van der Waals surface area contributed by atoms with Crippen molar-refractivity contribution >= 4 is 23.5 Å². The number of aromatic nitrogens is 2. The second-order valence-corrected chi connectivity index (χ2v) is 5.98. The van der Waals surface area contributed by atoms with Crippen LogP contribution in [0, 0.1) is 0 Å². The third-order valence-corrected chi connectivity index (χ3v) is 4.19. The quantitative estimate of drug-likeness (QED) is 0.484. The van der Waals surface area contributed by atoms with E-state index < -0.39 is 5.56 Å². The fourth-order valence-corrected chi connectivity index (χ4v) is 2.70. The Hall–Kier alpha value is -3.32. The van der Waals surface area contributed by atoms with Gasteiger partial charge in [0.2, 0.25) is 0 Å². The van der Waals surface area contributed by atoms with Gasteiger partial charge in [0, 0.05) is 5.56 Å². The number of para-hydroxylation sites is 2. The number of benzene rings is 2. The lowest BCUT2D eigenvalue weighted by Gasteiger charge is -2.11. The first kappa shape index (κ1) is 19.4. The summed E-state index contributed by atoms with van der Waals surface area (Å²) in [5.74, 6) is 1.19. The number of ether oxygens (including phenoxy) is 2. The van der Waals surface area contributed by atoms with Gasteiger partial charge in [0.05, 0.1) is 31.8 Å². The molecule has 3 rings (SSSR count). The molecule has 1 N–H and O–H groups in total. The molecular formula is C20H19ClN4O3. The fourth-order valence-electron chi connectivity index (χ4n) is 2.53.